The van der Waals surface area contributed by atoms with Gasteiger partial charge in [0.1, 0.15) is 11.3 Å². The lowest BCUT2D eigenvalue weighted by atomic mass is 10.1. The molecule has 2 aromatic rings. The predicted octanol–water partition coefficient (Wildman–Crippen LogP) is 2.82. The molecule has 0 atom stereocenters. The number of barbiturate groups is 1. The number of benzene rings is 2. The molecule has 0 aliphatic carbocycles. The van der Waals surface area contributed by atoms with Crippen molar-refractivity contribution in [3.05, 3.63) is 64.1 Å². The number of nitrogens with zero attached hydrogens (tertiary/aromatic N) is 1. The van der Waals surface area contributed by atoms with Gasteiger partial charge in [-0.05, 0) is 51.8 Å². The van der Waals surface area contributed by atoms with Crippen LogP contribution in [0.3, 0.4) is 0 Å². The van der Waals surface area contributed by atoms with Gasteiger partial charge in [-0.3, -0.25) is 14.9 Å². The van der Waals surface area contributed by atoms with Crippen LogP contribution in [0.2, 0.25) is 0 Å². The molecule has 1 aliphatic heterocycles. The fraction of sp³-hybridized carbons (Fsp3) is 0. The first kappa shape index (κ1) is 15.9. The number of nitrogens with one attached hydrogen (secondary N) is 1. The van der Waals surface area contributed by atoms with Crippen molar-refractivity contribution in [2.45, 2.75) is 0 Å². The van der Waals surface area contributed by atoms with Gasteiger partial charge in [0.2, 0.25) is 0 Å². The van der Waals surface area contributed by atoms with Crippen molar-refractivity contribution < 1.29 is 19.5 Å². The summed E-state index contributed by atoms with van der Waals surface area (Å²) in [6, 6.07) is 12.1. The first-order valence-corrected chi connectivity index (χ1v) is 7.71. The third-order valence-corrected chi connectivity index (χ3v) is 4.03. The number of hydrogen-bond acceptors (Lipinski definition) is 4. The smallest absolute Gasteiger partial charge is 0.335 e. The van der Waals surface area contributed by atoms with Gasteiger partial charge in [-0.2, -0.15) is 0 Å². The Bertz CT molecular complexity index is 877. The number of aromatic hydroxyl groups is 1. The largest absolute Gasteiger partial charge is 0.507 e. The normalized spacial score (nSPS) is 16.5. The number of rotatable bonds is 2. The standard InChI is InChI=1S/C17H11BrN2O4/c18-13-9-10(6-7-14(13)21)8-12-15(22)19-17(24)20(16(12)23)11-4-2-1-3-5-11/h1-9,21H,(H,19,22,24)/b12-8-. The Morgan fingerprint density at radius 3 is 2.42 bits per heavy atom. The van der Waals surface area contributed by atoms with Crippen LogP contribution in [0.15, 0.2) is 58.6 Å². The number of anilines is 1. The molecule has 4 amide bonds. The van der Waals surface area contributed by atoms with E-state index in [4.69, 9.17) is 0 Å². The Morgan fingerprint density at radius 1 is 1.04 bits per heavy atom. The lowest BCUT2D eigenvalue weighted by Crippen LogP contribution is -2.54. The number of carbonyl (C=O) groups is 3. The molecule has 2 aromatic carbocycles. The maximum Gasteiger partial charge on any atom is 0.335 e. The summed E-state index contributed by atoms with van der Waals surface area (Å²) in [5, 5.41) is 11.7. The summed E-state index contributed by atoms with van der Waals surface area (Å²) in [4.78, 5) is 37.6. The highest BCUT2D eigenvalue weighted by molar-refractivity contribution is 9.10. The molecule has 24 heavy (non-hydrogen) atoms. The van der Waals surface area contributed by atoms with Crippen LogP contribution in [0.5, 0.6) is 5.75 Å². The van der Waals surface area contributed by atoms with Gasteiger partial charge < -0.3 is 5.11 Å². The second-order valence-electron chi connectivity index (χ2n) is 5.00. The lowest BCUT2D eigenvalue weighted by molar-refractivity contribution is -0.122. The molecular weight excluding hydrogens is 376 g/mol. The van der Waals surface area contributed by atoms with Crippen LogP contribution < -0.4 is 10.2 Å². The molecule has 0 saturated carbocycles. The average Bonchev–Trinajstić information content (AvgIpc) is 2.55. The van der Waals surface area contributed by atoms with Gasteiger partial charge in [0, 0.05) is 0 Å². The van der Waals surface area contributed by atoms with Crippen molar-refractivity contribution >= 4 is 45.5 Å². The van der Waals surface area contributed by atoms with Gasteiger partial charge in [0.15, 0.2) is 0 Å². The molecule has 120 valence electrons. The quantitative estimate of drug-likeness (QED) is 0.613. The molecule has 2 N–H and O–H groups in total. The number of imide groups is 2. The summed E-state index contributed by atoms with van der Waals surface area (Å²) in [5.41, 5.74) is 0.724. The molecule has 1 aliphatic rings. The first-order chi connectivity index (χ1) is 11.5. The van der Waals surface area contributed by atoms with Gasteiger partial charge in [-0.1, -0.05) is 24.3 Å². The summed E-state index contributed by atoms with van der Waals surface area (Å²) in [7, 11) is 0. The number of carbonyl (C=O) groups excluding carboxylic acids is 3. The fourth-order valence-corrected chi connectivity index (χ4v) is 2.65. The number of hydrogen-bond donors (Lipinski definition) is 2. The molecule has 1 saturated heterocycles. The Hall–Kier alpha value is -2.93. The zero-order valence-corrected chi connectivity index (χ0v) is 13.8. The van der Waals surface area contributed by atoms with Crippen molar-refractivity contribution in [1.82, 2.24) is 5.32 Å². The average molecular weight is 387 g/mol. The third-order valence-electron chi connectivity index (χ3n) is 3.40. The van der Waals surface area contributed by atoms with Gasteiger partial charge in [0.25, 0.3) is 11.8 Å². The molecule has 0 aromatic heterocycles. The Labute approximate surface area is 145 Å². The molecule has 0 radical (unpaired) electrons. The summed E-state index contributed by atoms with van der Waals surface area (Å²) in [5.74, 6) is -1.43. The van der Waals surface area contributed by atoms with Crippen LogP contribution >= 0.6 is 15.9 Å². The summed E-state index contributed by atoms with van der Waals surface area (Å²) in [6.45, 7) is 0. The van der Waals surface area contributed by atoms with Crippen LogP contribution in [0.1, 0.15) is 5.56 Å². The number of amides is 4. The minimum Gasteiger partial charge on any atom is -0.507 e. The molecule has 0 spiro atoms. The van der Waals surface area contributed by atoms with E-state index in [-0.39, 0.29) is 11.3 Å². The topological polar surface area (TPSA) is 86.7 Å². The van der Waals surface area contributed by atoms with E-state index in [2.05, 4.69) is 21.2 Å². The SMILES string of the molecule is O=C1NC(=O)N(c2ccccc2)C(=O)/C1=C\c1ccc(O)c(Br)c1. The highest BCUT2D eigenvalue weighted by Crippen LogP contribution is 2.26. The summed E-state index contributed by atoms with van der Waals surface area (Å²) < 4.78 is 0.427. The maximum absolute atomic E-state index is 12.6. The molecule has 1 fully saturated rings. The third kappa shape index (κ3) is 2.93. The predicted molar refractivity (Wildman–Crippen MR) is 91.3 cm³/mol. The first-order valence-electron chi connectivity index (χ1n) is 6.92. The van der Waals surface area contributed by atoms with Crippen LogP contribution in [-0.4, -0.2) is 23.0 Å². The summed E-state index contributed by atoms with van der Waals surface area (Å²) >= 11 is 3.17. The zero-order valence-electron chi connectivity index (χ0n) is 12.2. The fourth-order valence-electron chi connectivity index (χ4n) is 2.25. The number of phenols is 1. The second kappa shape index (κ2) is 6.29. The number of para-hydroxylation sites is 1. The van der Waals surface area contributed by atoms with E-state index in [0.717, 1.165) is 4.90 Å². The van der Waals surface area contributed by atoms with E-state index in [1.54, 1.807) is 42.5 Å². The van der Waals surface area contributed by atoms with E-state index in [0.29, 0.717) is 15.7 Å². The molecule has 0 bridgehead atoms. The Morgan fingerprint density at radius 2 is 1.75 bits per heavy atom. The minimum absolute atomic E-state index is 0.0395. The minimum atomic E-state index is -0.791. The Kier molecular flexibility index (Phi) is 4.18. The van der Waals surface area contributed by atoms with Gasteiger partial charge in [-0.15, -0.1) is 0 Å². The van der Waals surface area contributed by atoms with Crippen LogP contribution in [0, 0.1) is 0 Å². The van der Waals surface area contributed by atoms with E-state index in [1.807, 2.05) is 0 Å². The number of halogens is 1. The Balaban J connectivity index is 2.02. The van der Waals surface area contributed by atoms with Crippen molar-refractivity contribution in [2.75, 3.05) is 4.90 Å². The second-order valence-corrected chi connectivity index (χ2v) is 5.86. The molecule has 7 heteroatoms. The molecule has 6 nitrogen and oxygen atoms in total. The van der Waals surface area contributed by atoms with Gasteiger partial charge in [0.05, 0.1) is 10.2 Å². The van der Waals surface area contributed by atoms with Crippen LogP contribution in [0.25, 0.3) is 6.08 Å². The highest BCUT2D eigenvalue weighted by Gasteiger charge is 2.36. The van der Waals surface area contributed by atoms with Gasteiger partial charge in [-0.25, -0.2) is 9.69 Å². The molecule has 0 unspecified atom stereocenters. The van der Waals surface area contributed by atoms with Crippen molar-refractivity contribution in [3.8, 4) is 5.75 Å². The van der Waals surface area contributed by atoms with Gasteiger partial charge >= 0.3 is 6.03 Å². The molecular formula is C17H11BrN2O4. The van der Waals surface area contributed by atoms with Crippen molar-refractivity contribution in [2.24, 2.45) is 0 Å². The molecule has 3 rings (SSSR count). The lowest BCUT2D eigenvalue weighted by Gasteiger charge is -2.26. The monoisotopic (exact) mass is 386 g/mol. The van der Waals surface area contributed by atoms with Crippen LogP contribution in [0.4, 0.5) is 10.5 Å². The van der Waals surface area contributed by atoms with E-state index in [1.165, 1.54) is 12.1 Å². The highest BCUT2D eigenvalue weighted by atomic mass is 79.9. The summed E-state index contributed by atoms with van der Waals surface area (Å²) in [6.07, 6.45) is 1.37. The maximum atomic E-state index is 12.6. The number of urea groups is 1. The van der Waals surface area contributed by atoms with E-state index in [9.17, 15) is 19.5 Å². The number of phenolic OH excluding ortho intramolecular Hbond substituents is 1. The van der Waals surface area contributed by atoms with E-state index >= 15 is 0 Å². The molecule has 1 heterocycles. The zero-order chi connectivity index (χ0) is 17.3. The van der Waals surface area contributed by atoms with Crippen molar-refractivity contribution in [1.29, 1.82) is 0 Å². The van der Waals surface area contributed by atoms with Crippen molar-refractivity contribution in [3.63, 3.8) is 0 Å². The van der Waals surface area contributed by atoms with E-state index < -0.39 is 17.8 Å². The van der Waals surface area contributed by atoms with Crippen LogP contribution in [-0.2, 0) is 9.59 Å².